The van der Waals surface area contributed by atoms with Gasteiger partial charge in [0, 0.05) is 46.1 Å². The lowest BCUT2D eigenvalue weighted by molar-refractivity contribution is 0.203. The van der Waals surface area contributed by atoms with Gasteiger partial charge in [0.2, 0.25) is 0 Å². The summed E-state index contributed by atoms with van der Waals surface area (Å²) in [5, 5.41) is 10.7. The lowest BCUT2D eigenvalue weighted by Crippen LogP contribution is -2.42. The minimum atomic E-state index is 0. The molecule has 0 saturated carbocycles. The molecule has 1 heterocycles. The van der Waals surface area contributed by atoms with Crippen molar-refractivity contribution in [3.8, 4) is 0 Å². The smallest absolute Gasteiger partial charge is 0.191 e. The predicted octanol–water partition coefficient (Wildman–Crippen LogP) is 0.452. The zero-order valence-electron chi connectivity index (χ0n) is 13.5. The molecule has 1 unspecified atom stereocenters. The predicted molar refractivity (Wildman–Crippen MR) is 96.3 cm³/mol. The zero-order chi connectivity index (χ0) is 15.0. The summed E-state index contributed by atoms with van der Waals surface area (Å²) < 4.78 is 6.83. The van der Waals surface area contributed by atoms with E-state index in [9.17, 15) is 0 Å². The highest BCUT2D eigenvalue weighted by Gasteiger charge is 2.16. The quantitative estimate of drug-likeness (QED) is 0.296. The Morgan fingerprint density at radius 2 is 2.19 bits per heavy atom. The Balaban J connectivity index is 0.00000400. The molecule has 0 radical (unpaired) electrons. The van der Waals surface area contributed by atoms with Crippen molar-refractivity contribution in [1.29, 1.82) is 0 Å². The minimum Gasteiger partial charge on any atom is -0.383 e. The van der Waals surface area contributed by atoms with E-state index in [0.717, 1.165) is 19.0 Å². The molecular formula is C13H27IN6O. The maximum atomic E-state index is 5.01. The number of hydrogen-bond acceptors (Lipinski definition) is 4. The maximum absolute atomic E-state index is 5.01. The van der Waals surface area contributed by atoms with Crippen molar-refractivity contribution in [2.45, 2.75) is 6.04 Å². The van der Waals surface area contributed by atoms with Crippen molar-refractivity contribution in [2.24, 2.45) is 12.0 Å². The number of hydrogen-bond donors (Lipinski definition) is 2. The first-order valence-corrected chi connectivity index (χ1v) is 6.67. The lowest BCUT2D eigenvalue weighted by atomic mass is 10.1. The molecule has 122 valence electrons. The van der Waals surface area contributed by atoms with Crippen LogP contribution >= 0.6 is 24.0 Å². The minimum absolute atomic E-state index is 0. The van der Waals surface area contributed by atoms with Crippen LogP contribution in [0.5, 0.6) is 0 Å². The molecule has 7 nitrogen and oxygen atoms in total. The van der Waals surface area contributed by atoms with Crippen molar-refractivity contribution in [3.63, 3.8) is 0 Å². The van der Waals surface area contributed by atoms with Gasteiger partial charge in [-0.05, 0) is 14.1 Å². The Kier molecular flexibility index (Phi) is 10.4. The molecule has 0 aromatic carbocycles. The van der Waals surface area contributed by atoms with E-state index in [-0.39, 0.29) is 30.0 Å². The monoisotopic (exact) mass is 410 g/mol. The second kappa shape index (κ2) is 10.8. The number of aliphatic imine (C=N–C) groups is 1. The SMILES string of the molecule is CN=C(NCCOC)NCC(c1cnn(C)c1)N(C)C.I. The number of likely N-dealkylation sites (N-methyl/N-ethyl adjacent to an activating group) is 1. The van der Waals surface area contributed by atoms with E-state index in [0.29, 0.717) is 6.61 Å². The van der Waals surface area contributed by atoms with Gasteiger partial charge in [-0.2, -0.15) is 5.10 Å². The Morgan fingerprint density at radius 3 is 2.67 bits per heavy atom. The lowest BCUT2D eigenvalue weighted by Gasteiger charge is -2.24. The third kappa shape index (κ3) is 7.09. The third-order valence-corrected chi connectivity index (χ3v) is 3.02. The molecule has 1 atom stereocenters. The Labute approximate surface area is 144 Å². The molecule has 1 aromatic rings. The van der Waals surface area contributed by atoms with Crippen LogP contribution < -0.4 is 10.6 Å². The first kappa shape index (κ1) is 20.1. The van der Waals surface area contributed by atoms with Gasteiger partial charge in [-0.15, -0.1) is 24.0 Å². The summed E-state index contributed by atoms with van der Waals surface area (Å²) in [6, 6.07) is 0.240. The summed E-state index contributed by atoms with van der Waals surface area (Å²) in [6.45, 7) is 2.14. The topological polar surface area (TPSA) is 66.7 Å². The van der Waals surface area contributed by atoms with E-state index in [2.05, 4.69) is 39.7 Å². The Morgan fingerprint density at radius 1 is 1.48 bits per heavy atom. The van der Waals surface area contributed by atoms with Crippen molar-refractivity contribution < 1.29 is 4.74 Å². The number of nitrogens with one attached hydrogen (secondary N) is 2. The normalized spacial score (nSPS) is 13.0. The fourth-order valence-corrected chi connectivity index (χ4v) is 1.90. The van der Waals surface area contributed by atoms with Gasteiger partial charge in [0.05, 0.1) is 18.8 Å². The Hall–Kier alpha value is -0.870. The molecule has 1 aromatic heterocycles. The number of rotatable bonds is 7. The molecular weight excluding hydrogens is 383 g/mol. The van der Waals surface area contributed by atoms with Gasteiger partial charge in [-0.25, -0.2) is 0 Å². The van der Waals surface area contributed by atoms with Crippen LogP contribution in [-0.2, 0) is 11.8 Å². The van der Waals surface area contributed by atoms with E-state index in [4.69, 9.17) is 4.74 Å². The van der Waals surface area contributed by atoms with Gasteiger partial charge in [-0.3, -0.25) is 9.67 Å². The highest BCUT2D eigenvalue weighted by Crippen LogP contribution is 2.15. The molecule has 0 amide bonds. The largest absolute Gasteiger partial charge is 0.383 e. The summed E-state index contributed by atoms with van der Waals surface area (Å²) in [6.07, 6.45) is 3.93. The fraction of sp³-hybridized carbons (Fsp3) is 0.692. The van der Waals surface area contributed by atoms with E-state index in [1.807, 2.05) is 24.1 Å². The average molecular weight is 410 g/mol. The summed E-state index contributed by atoms with van der Waals surface area (Å²) in [7, 11) is 9.48. The second-order valence-electron chi connectivity index (χ2n) is 4.80. The number of methoxy groups -OCH3 is 1. The van der Waals surface area contributed by atoms with Crippen LogP contribution in [-0.4, -0.2) is 68.6 Å². The van der Waals surface area contributed by atoms with Crippen LogP contribution in [0, 0.1) is 0 Å². The first-order chi connectivity index (χ1) is 9.58. The summed E-state index contributed by atoms with van der Waals surface area (Å²) in [4.78, 5) is 6.35. The van der Waals surface area contributed by atoms with Crippen molar-refractivity contribution in [1.82, 2.24) is 25.3 Å². The molecule has 0 aliphatic rings. The standard InChI is InChI=1S/C13H26N6O.HI/c1-14-13(15-6-7-20-5)16-9-12(18(2)3)11-8-17-19(4)10-11;/h8,10,12H,6-7,9H2,1-5H3,(H2,14,15,16);1H. The molecule has 21 heavy (non-hydrogen) atoms. The van der Waals surface area contributed by atoms with Gasteiger partial charge in [0.15, 0.2) is 5.96 Å². The van der Waals surface area contributed by atoms with Crippen LogP contribution in [0.25, 0.3) is 0 Å². The van der Waals surface area contributed by atoms with Gasteiger partial charge in [0.1, 0.15) is 0 Å². The van der Waals surface area contributed by atoms with Crippen LogP contribution in [0.15, 0.2) is 17.4 Å². The van der Waals surface area contributed by atoms with Crippen molar-refractivity contribution in [2.75, 3.05) is 47.9 Å². The summed E-state index contributed by atoms with van der Waals surface area (Å²) in [5.74, 6) is 0.776. The average Bonchev–Trinajstić information content (AvgIpc) is 2.83. The fourth-order valence-electron chi connectivity index (χ4n) is 1.90. The van der Waals surface area contributed by atoms with Crippen LogP contribution in [0.3, 0.4) is 0 Å². The first-order valence-electron chi connectivity index (χ1n) is 6.67. The van der Waals surface area contributed by atoms with E-state index >= 15 is 0 Å². The number of nitrogens with zero attached hydrogens (tertiary/aromatic N) is 4. The van der Waals surface area contributed by atoms with Gasteiger partial charge < -0.3 is 20.3 Å². The molecule has 0 aliphatic carbocycles. The zero-order valence-corrected chi connectivity index (χ0v) is 15.8. The van der Waals surface area contributed by atoms with Crippen molar-refractivity contribution >= 4 is 29.9 Å². The molecule has 0 bridgehead atoms. The molecule has 8 heteroatoms. The van der Waals surface area contributed by atoms with Gasteiger partial charge >= 0.3 is 0 Å². The van der Waals surface area contributed by atoms with E-state index in [1.165, 1.54) is 5.56 Å². The van der Waals surface area contributed by atoms with E-state index in [1.54, 1.807) is 14.2 Å². The summed E-state index contributed by atoms with van der Waals surface area (Å²) in [5.41, 5.74) is 1.18. The van der Waals surface area contributed by atoms with Gasteiger partial charge in [0.25, 0.3) is 0 Å². The molecule has 1 rings (SSSR count). The maximum Gasteiger partial charge on any atom is 0.191 e. The highest BCUT2D eigenvalue weighted by atomic mass is 127. The number of halogens is 1. The molecule has 2 N–H and O–H groups in total. The van der Waals surface area contributed by atoms with Crippen LogP contribution in [0.4, 0.5) is 0 Å². The molecule has 0 fully saturated rings. The highest BCUT2D eigenvalue weighted by molar-refractivity contribution is 14.0. The number of guanidine groups is 1. The third-order valence-electron chi connectivity index (χ3n) is 3.02. The molecule has 0 saturated heterocycles. The number of ether oxygens (including phenoxy) is 1. The second-order valence-corrected chi connectivity index (χ2v) is 4.80. The Bertz CT molecular complexity index is 421. The van der Waals surface area contributed by atoms with Crippen LogP contribution in [0.2, 0.25) is 0 Å². The van der Waals surface area contributed by atoms with Crippen LogP contribution in [0.1, 0.15) is 11.6 Å². The van der Waals surface area contributed by atoms with E-state index < -0.39 is 0 Å². The van der Waals surface area contributed by atoms with Gasteiger partial charge in [-0.1, -0.05) is 0 Å². The number of aromatic nitrogens is 2. The summed E-state index contributed by atoms with van der Waals surface area (Å²) >= 11 is 0. The number of aryl methyl sites for hydroxylation is 1. The molecule has 0 aliphatic heterocycles. The molecule has 0 spiro atoms. The van der Waals surface area contributed by atoms with Crippen molar-refractivity contribution in [3.05, 3.63) is 18.0 Å².